The fraction of sp³-hybridized carbons (Fsp3) is 0.200. The van der Waals surface area contributed by atoms with Gasteiger partial charge in [0.25, 0.3) is 0 Å². The molecular formula is C20H17NO3. The van der Waals surface area contributed by atoms with Gasteiger partial charge in [-0.1, -0.05) is 56.3 Å². The molecule has 0 bridgehead atoms. The van der Waals surface area contributed by atoms with Gasteiger partial charge < -0.3 is 10.2 Å². The highest BCUT2D eigenvalue weighted by Gasteiger charge is 2.42. The number of pyridine rings is 1. The Morgan fingerprint density at radius 2 is 1.75 bits per heavy atom. The molecule has 0 fully saturated rings. The molecule has 4 heteroatoms. The zero-order valence-electron chi connectivity index (χ0n) is 13.4. The van der Waals surface area contributed by atoms with Crippen molar-refractivity contribution in [3.63, 3.8) is 0 Å². The molecule has 0 radical (unpaired) electrons. The van der Waals surface area contributed by atoms with Crippen molar-refractivity contribution in [2.45, 2.75) is 25.4 Å². The number of nitrogens with zero attached hydrogens (tertiary/aromatic N) is 1. The maximum absolute atomic E-state index is 12.0. The van der Waals surface area contributed by atoms with Crippen molar-refractivity contribution in [2.75, 3.05) is 0 Å². The van der Waals surface area contributed by atoms with Crippen LogP contribution in [0.25, 0.3) is 22.2 Å². The van der Waals surface area contributed by atoms with Gasteiger partial charge in [-0.2, -0.15) is 0 Å². The zero-order valence-corrected chi connectivity index (χ0v) is 13.4. The third-order valence-corrected chi connectivity index (χ3v) is 4.98. The standard InChI is InChI=1S/C20H17NO3/c1-20(2)13-9-5-3-7-11(13)17-16(18(20)22)15(19(23)24)12-8-4-6-10-14(12)21-17/h3-10,18,22H,1-2H3,(H,23,24). The first-order valence-corrected chi connectivity index (χ1v) is 7.87. The van der Waals surface area contributed by atoms with Gasteiger partial charge in [0.15, 0.2) is 0 Å². The number of aliphatic hydroxyl groups is 1. The lowest BCUT2D eigenvalue weighted by molar-refractivity contribution is 0.0673. The summed E-state index contributed by atoms with van der Waals surface area (Å²) >= 11 is 0. The smallest absolute Gasteiger partial charge is 0.336 e. The molecule has 4 rings (SSSR count). The molecule has 0 saturated carbocycles. The number of aliphatic hydroxyl groups excluding tert-OH is 1. The fourth-order valence-electron chi connectivity index (χ4n) is 3.69. The average molecular weight is 319 g/mol. The number of rotatable bonds is 1. The van der Waals surface area contributed by atoms with Gasteiger partial charge in [-0.25, -0.2) is 9.78 Å². The second kappa shape index (κ2) is 4.89. The van der Waals surface area contributed by atoms with E-state index >= 15 is 0 Å². The van der Waals surface area contributed by atoms with Crippen LogP contribution in [0.3, 0.4) is 0 Å². The molecule has 24 heavy (non-hydrogen) atoms. The quantitative estimate of drug-likeness (QED) is 0.713. The van der Waals surface area contributed by atoms with Gasteiger partial charge in [0, 0.05) is 21.9 Å². The van der Waals surface area contributed by atoms with Crippen LogP contribution in [0.1, 0.15) is 41.4 Å². The predicted octanol–water partition coefficient (Wildman–Crippen LogP) is 3.92. The molecule has 1 aromatic heterocycles. The van der Waals surface area contributed by atoms with Crippen LogP contribution < -0.4 is 0 Å². The Bertz CT molecular complexity index is 991. The Balaban J connectivity index is 2.22. The monoisotopic (exact) mass is 319 g/mol. The molecule has 1 unspecified atom stereocenters. The summed E-state index contributed by atoms with van der Waals surface area (Å²) in [5.41, 5.74) is 3.00. The summed E-state index contributed by atoms with van der Waals surface area (Å²) in [5, 5.41) is 21.4. The topological polar surface area (TPSA) is 70.4 Å². The maximum atomic E-state index is 12.0. The number of carbonyl (C=O) groups is 1. The summed E-state index contributed by atoms with van der Waals surface area (Å²) in [6.45, 7) is 3.86. The van der Waals surface area contributed by atoms with Crippen molar-refractivity contribution in [2.24, 2.45) is 0 Å². The van der Waals surface area contributed by atoms with Gasteiger partial charge >= 0.3 is 5.97 Å². The molecule has 1 heterocycles. The Morgan fingerprint density at radius 1 is 1.08 bits per heavy atom. The molecule has 1 aliphatic carbocycles. The van der Waals surface area contributed by atoms with Crippen molar-refractivity contribution in [3.8, 4) is 11.3 Å². The van der Waals surface area contributed by atoms with E-state index in [9.17, 15) is 15.0 Å². The second-order valence-corrected chi connectivity index (χ2v) is 6.74. The predicted molar refractivity (Wildman–Crippen MR) is 92.1 cm³/mol. The number of hydrogen-bond acceptors (Lipinski definition) is 3. The van der Waals surface area contributed by atoms with Crippen molar-refractivity contribution in [1.82, 2.24) is 4.98 Å². The van der Waals surface area contributed by atoms with Crippen molar-refractivity contribution < 1.29 is 15.0 Å². The molecule has 120 valence electrons. The number of aromatic carboxylic acids is 1. The van der Waals surface area contributed by atoms with E-state index in [0.29, 0.717) is 22.2 Å². The van der Waals surface area contributed by atoms with Crippen LogP contribution in [0, 0.1) is 0 Å². The number of para-hydroxylation sites is 1. The lowest BCUT2D eigenvalue weighted by Crippen LogP contribution is -2.33. The highest BCUT2D eigenvalue weighted by atomic mass is 16.4. The van der Waals surface area contributed by atoms with Crippen LogP contribution in [0.15, 0.2) is 48.5 Å². The molecule has 0 aliphatic heterocycles. The van der Waals surface area contributed by atoms with E-state index in [-0.39, 0.29) is 5.56 Å². The summed E-state index contributed by atoms with van der Waals surface area (Å²) < 4.78 is 0. The number of benzene rings is 2. The summed E-state index contributed by atoms with van der Waals surface area (Å²) in [6, 6.07) is 14.9. The van der Waals surface area contributed by atoms with Crippen LogP contribution in [-0.2, 0) is 5.41 Å². The Kier molecular flexibility index (Phi) is 3.02. The minimum atomic E-state index is -1.04. The SMILES string of the molecule is CC1(C)c2ccccc2-c2nc3ccccc3c(C(=O)O)c2C1O. The highest BCUT2D eigenvalue weighted by molar-refractivity contribution is 6.06. The number of fused-ring (bicyclic) bond motifs is 4. The number of hydrogen-bond donors (Lipinski definition) is 2. The van der Waals surface area contributed by atoms with Gasteiger partial charge in [-0.3, -0.25) is 0 Å². The maximum Gasteiger partial charge on any atom is 0.336 e. The first-order chi connectivity index (χ1) is 11.4. The molecule has 2 N–H and O–H groups in total. The third-order valence-electron chi connectivity index (χ3n) is 4.98. The molecule has 0 spiro atoms. The Labute approximate surface area is 139 Å². The number of aromatic nitrogens is 1. The van der Waals surface area contributed by atoms with Gasteiger partial charge in [0.05, 0.1) is 22.9 Å². The van der Waals surface area contributed by atoms with Crippen LogP contribution in [0.2, 0.25) is 0 Å². The number of carboxylic acids is 1. The zero-order chi connectivity index (χ0) is 17.1. The Hall–Kier alpha value is -2.72. The molecule has 2 aromatic carbocycles. The summed E-state index contributed by atoms with van der Waals surface area (Å²) in [6.07, 6.45) is -0.939. The van der Waals surface area contributed by atoms with E-state index in [0.717, 1.165) is 11.1 Å². The van der Waals surface area contributed by atoms with Gasteiger partial charge in [-0.05, 0) is 11.6 Å². The molecular weight excluding hydrogens is 302 g/mol. The van der Waals surface area contributed by atoms with Crippen LogP contribution in [-0.4, -0.2) is 21.2 Å². The van der Waals surface area contributed by atoms with E-state index in [1.54, 1.807) is 18.2 Å². The van der Waals surface area contributed by atoms with E-state index in [4.69, 9.17) is 4.98 Å². The van der Waals surface area contributed by atoms with E-state index < -0.39 is 17.5 Å². The van der Waals surface area contributed by atoms with Crippen LogP contribution in [0.5, 0.6) is 0 Å². The molecule has 4 nitrogen and oxygen atoms in total. The lowest BCUT2D eigenvalue weighted by atomic mass is 9.68. The van der Waals surface area contributed by atoms with Crippen LogP contribution in [0.4, 0.5) is 0 Å². The largest absolute Gasteiger partial charge is 0.478 e. The minimum absolute atomic E-state index is 0.144. The lowest BCUT2D eigenvalue weighted by Gasteiger charge is -2.39. The highest BCUT2D eigenvalue weighted by Crippen LogP contribution is 2.50. The van der Waals surface area contributed by atoms with Crippen molar-refractivity contribution in [1.29, 1.82) is 0 Å². The van der Waals surface area contributed by atoms with E-state index in [2.05, 4.69) is 0 Å². The molecule has 1 atom stereocenters. The summed E-state index contributed by atoms with van der Waals surface area (Å²) in [7, 11) is 0. The Morgan fingerprint density at radius 3 is 2.50 bits per heavy atom. The minimum Gasteiger partial charge on any atom is -0.478 e. The van der Waals surface area contributed by atoms with Crippen molar-refractivity contribution in [3.05, 3.63) is 65.2 Å². The van der Waals surface area contributed by atoms with E-state index in [1.165, 1.54) is 0 Å². The number of carboxylic acid groups (broad SMARTS) is 1. The second-order valence-electron chi connectivity index (χ2n) is 6.74. The first kappa shape index (κ1) is 14.8. The fourth-order valence-corrected chi connectivity index (χ4v) is 3.69. The van der Waals surface area contributed by atoms with Crippen molar-refractivity contribution >= 4 is 16.9 Å². The van der Waals surface area contributed by atoms with E-state index in [1.807, 2.05) is 44.2 Å². The third kappa shape index (κ3) is 1.83. The summed E-state index contributed by atoms with van der Waals surface area (Å²) in [4.78, 5) is 16.7. The van der Waals surface area contributed by atoms with Gasteiger partial charge in [0.1, 0.15) is 0 Å². The molecule has 0 saturated heterocycles. The molecule has 3 aromatic rings. The molecule has 1 aliphatic rings. The van der Waals surface area contributed by atoms with Gasteiger partial charge in [-0.15, -0.1) is 0 Å². The first-order valence-electron chi connectivity index (χ1n) is 7.87. The van der Waals surface area contributed by atoms with Gasteiger partial charge in [0.2, 0.25) is 0 Å². The average Bonchev–Trinajstić information content (AvgIpc) is 2.58. The normalized spacial score (nSPS) is 18.0. The van der Waals surface area contributed by atoms with Crippen LogP contribution >= 0.6 is 0 Å². The molecule has 0 amide bonds. The summed E-state index contributed by atoms with van der Waals surface area (Å²) in [5.74, 6) is -1.04.